The van der Waals surface area contributed by atoms with Gasteiger partial charge < -0.3 is 0 Å². The highest BCUT2D eigenvalue weighted by Gasteiger charge is 2.13. The van der Waals surface area contributed by atoms with Gasteiger partial charge in [-0.2, -0.15) is 8.42 Å². The Morgan fingerprint density at radius 1 is 1.62 bits per heavy atom. The van der Waals surface area contributed by atoms with Gasteiger partial charge >= 0.3 is 21.7 Å². The van der Waals surface area contributed by atoms with Crippen LogP contribution in [0.5, 0.6) is 0 Å². The normalized spacial score (nSPS) is 9.50. The van der Waals surface area contributed by atoms with Gasteiger partial charge in [-0.15, -0.1) is 0 Å². The summed E-state index contributed by atoms with van der Waals surface area (Å²) in [5.74, 6) is 0. The highest BCUT2D eigenvalue weighted by Crippen LogP contribution is 1.60. The molecule has 1 N–H and O–H groups in total. The third-order valence-corrected chi connectivity index (χ3v) is 0. The number of rotatable bonds is 0. The molecule has 0 amide bonds. The van der Waals surface area contributed by atoms with Crippen molar-refractivity contribution in [3.05, 3.63) is 0 Å². The van der Waals surface area contributed by atoms with Gasteiger partial charge in [0.2, 0.25) is 0 Å². The van der Waals surface area contributed by atoms with E-state index in [4.69, 9.17) is 4.55 Å². The molecule has 0 saturated heterocycles. The Morgan fingerprint density at radius 2 is 1.62 bits per heavy atom. The van der Waals surface area contributed by atoms with Crippen LogP contribution in [0.15, 0.2) is 0 Å². The zero-order chi connectivity index (χ0) is 7.21. The zero-order valence-corrected chi connectivity index (χ0v) is 7.32. The summed E-state index contributed by atoms with van der Waals surface area (Å²) in [5.41, 5.74) is 0. The van der Waals surface area contributed by atoms with Crippen molar-refractivity contribution in [2.24, 2.45) is 0 Å². The molecule has 0 aromatic heterocycles. The van der Waals surface area contributed by atoms with E-state index in [9.17, 15) is 8.42 Å². The van der Waals surface area contributed by atoms with Crippen molar-refractivity contribution in [3.8, 4) is 0 Å². The molecule has 45 valence electrons. The summed E-state index contributed by atoms with van der Waals surface area (Å²) < 4.78 is 27.1. The molecule has 0 aliphatic carbocycles. The molecule has 5 heteroatoms. The summed E-state index contributed by atoms with van der Waals surface area (Å²) in [4.78, 5) is 0. The minimum absolute atomic E-state index is 0.715. The van der Waals surface area contributed by atoms with Crippen molar-refractivity contribution in [2.75, 3.05) is 6.26 Å². The van der Waals surface area contributed by atoms with Gasteiger partial charge in [0, 0.05) is 6.92 Å². The van der Waals surface area contributed by atoms with Gasteiger partial charge in [-0.3, -0.25) is 4.55 Å². The first kappa shape index (κ1) is 11.5. The van der Waals surface area contributed by atoms with E-state index in [1.807, 2.05) is 21.7 Å². The van der Waals surface area contributed by atoms with Crippen LogP contribution in [0.1, 0.15) is 6.92 Å². The summed E-state index contributed by atoms with van der Waals surface area (Å²) in [6.07, 6.45) is 0.715. The van der Waals surface area contributed by atoms with E-state index in [0.717, 1.165) is 0 Å². The molecule has 0 fully saturated rings. The number of hydrogen-bond donors (Lipinski definition) is 1. The van der Waals surface area contributed by atoms with E-state index in [2.05, 4.69) is 6.92 Å². The Labute approximate surface area is 62.7 Å². The van der Waals surface area contributed by atoms with Crippen LogP contribution in [0.25, 0.3) is 0 Å². The van der Waals surface area contributed by atoms with Crippen LogP contribution < -0.4 is 0 Å². The predicted molar refractivity (Wildman–Crippen MR) is 33.7 cm³/mol. The maximum atomic E-state index is 9.19. The van der Waals surface area contributed by atoms with E-state index in [1.54, 1.807) is 0 Å². The molecule has 3 nitrogen and oxygen atoms in total. The first-order valence-corrected chi connectivity index (χ1v) is 4.98. The topological polar surface area (TPSA) is 54.4 Å². The summed E-state index contributed by atoms with van der Waals surface area (Å²) in [6, 6.07) is 0. The zero-order valence-electron chi connectivity index (χ0n) is 5.09. The second-order valence-electron chi connectivity index (χ2n) is 1.23. The lowest BCUT2D eigenvalue weighted by atomic mass is 11.0. The van der Waals surface area contributed by atoms with Gasteiger partial charge in [-0.1, -0.05) is 0 Å². The molecule has 8 heavy (non-hydrogen) atoms. The van der Waals surface area contributed by atoms with Crippen molar-refractivity contribution in [2.45, 2.75) is 11.5 Å². The Hall–Kier alpha value is 0.676. The maximum absolute atomic E-state index is 9.19. The third kappa shape index (κ3) is 470. The predicted octanol–water partition coefficient (Wildman–Crippen LogP) is 0.0971. The fourth-order valence-corrected chi connectivity index (χ4v) is 0. The van der Waals surface area contributed by atoms with Gasteiger partial charge in [0.15, 0.2) is 0 Å². The smallest absolute Gasteiger partial charge is 0.286 e. The van der Waals surface area contributed by atoms with Crippen LogP contribution in [0.2, 0.25) is 4.55 Å². The fraction of sp³-hybridized carbons (Fsp3) is 1.00. The van der Waals surface area contributed by atoms with Gasteiger partial charge in [0.1, 0.15) is 0 Å². The molecule has 0 bridgehead atoms. The molecule has 7 radical (unpaired) electrons. The molecule has 0 heterocycles. The summed E-state index contributed by atoms with van der Waals surface area (Å²) >= 11 is 1.97. The first-order valence-electron chi connectivity index (χ1n) is 2.13. The maximum Gasteiger partial charge on any atom is 1.41 e. The van der Waals surface area contributed by atoms with Gasteiger partial charge in [-0.25, -0.2) is 0 Å². The third-order valence-electron chi connectivity index (χ3n) is 0. The molecule has 0 spiro atoms. The Bertz CT molecular complexity index is 108. The average molecular weight is 149 g/mol. The second kappa shape index (κ2) is 5.81. The van der Waals surface area contributed by atoms with E-state index in [0.29, 0.717) is 6.26 Å². The quantitative estimate of drug-likeness (QED) is 0.393. The van der Waals surface area contributed by atoms with Crippen LogP contribution in [0, 0.1) is 0 Å². The first-order chi connectivity index (χ1) is 3.41. The van der Waals surface area contributed by atoms with Crippen LogP contribution in [0.3, 0.4) is 0 Å². The van der Waals surface area contributed by atoms with Crippen LogP contribution >= 0.6 is 0 Å². The molecule has 0 rings (SSSR count). The van der Waals surface area contributed by atoms with E-state index in [1.165, 1.54) is 4.55 Å². The summed E-state index contributed by atoms with van der Waals surface area (Å²) in [6.45, 7) is 2.14. The molecule has 0 atom stereocenters. The monoisotopic (exact) mass is 149 g/mol. The average Bonchev–Trinajstić information content (AvgIpc) is 1.27. The lowest BCUT2D eigenvalue weighted by Gasteiger charge is -1.69. The lowest BCUT2D eigenvalue weighted by Crippen LogP contribution is -1.88. The van der Waals surface area contributed by atoms with Crippen LogP contribution in [-0.2, 0) is 10.1 Å². The Balaban J connectivity index is 0. The standard InChI is InChI=1S/C2H5.CH4O3S.Mg/c1-2;1-5(2,3)4;/h1H2,2H3;1H3,(H,2,3,4);/q;;+2. The van der Waals surface area contributed by atoms with Crippen molar-refractivity contribution in [1.82, 2.24) is 0 Å². The van der Waals surface area contributed by atoms with Gasteiger partial charge in [0.25, 0.3) is 14.7 Å². The molecule has 0 aromatic rings. The minimum Gasteiger partial charge on any atom is -0.286 e. The number of hydrogen-bond acceptors (Lipinski definition) is 2. The van der Waals surface area contributed by atoms with Gasteiger partial charge in [-0.05, 0) is 0 Å². The fourth-order valence-electron chi connectivity index (χ4n) is 0. The molecular weight excluding hydrogens is 140 g/mol. The van der Waals surface area contributed by atoms with Crippen molar-refractivity contribution in [1.29, 1.82) is 0 Å². The highest BCUT2D eigenvalue weighted by atomic mass is 32.2. The van der Waals surface area contributed by atoms with Crippen molar-refractivity contribution < 1.29 is 13.0 Å². The molecule has 0 saturated carbocycles. The molecule has 0 aromatic carbocycles. The van der Waals surface area contributed by atoms with Gasteiger partial charge in [0.05, 0.1) is 6.26 Å². The minimum atomic E-state index is -3.67. The highest BCUT2D eigenvalue weighted by molar-refractivity contribution is 7.85. The molecule has 0 unspecified atom stereocenters. The largest absolute Gasteiger partial charge is 1.41 e. The van der Waals surface area contributed by atoms with Crippen molar-refractivity contribution in [3.63, 3.8) is 0 Å². The lowest BCUT2D eigenvalue weighted by molar-refractivity contribution is 0.490. The molecule has 0 aliphatic rings. The Morgan fingerprint density at radius 3 is 1.62 bits per heavy atom. The summed E-state index contributed by atoms with van der Waals surface area (Å²) in [5, 5.41) is 0. The van der Waals surface area contributed by atoms with Crippen molar-refractivity contribution >= 4 is 31.8 Å². The summed E-state index contributed by atoms with van der Waals surface area (Å²) in [7, 11) is -3.67. The van der Waals surface area contributed by atoms with Crippen LogP contribution in [0.4, 0.5) is 0 Å². The van der Waals surface area contributed by atoms with Crippen LogP contribution in [-0.4, -0.2) is 40.9 Å². The second-order valence-corrected chi connectivity index (χ2v) is 3.70. The SMILES string of the molecule is CS(=O)(=O)O.C[CH2][Mg+2]. The molecular formula is C3H9MgO3S+2. The Kier molecular flexibility index (Phi) is 8.33. The van der Waals surface area contributed by atoms with E-state index < -0.39 is 10.1 Å². The molecule has 0 aliphatic heterocycles. The van der Waals surface area contributed by atoms with E-state index in [-0.39, 0.29) is 0 Å². The van der Waals surface area contributed by atoms with E-state index >= 15 is 0 Å².